The summed E-state index contributed by atoms with van der Waals surface area (Å²) in [6.07, 6.45) is -1.92. The van der Waals surface area contributed by atoms with Crippen LogP contribution in [0.25, 0.3) is 0 Å². The molecule has 7 heteroatoms. The molecule has 1 N–H and O–H groups in total. The summed E-state index contributed by atoms with van der Waals surface area (Å²) in [5.41, 5.74) is 0.395. The summed E-state index contributed by atoms with van der Waals surface area (Å²) in [5, 5.41) is 2.66. The minimum Gasteiger partial charge on any atom is -0.395 e. The Balaban J connectivity index is 1.86. The topological polar surface area (TPSA) is 47.6 Å². The molecule has 0 atom stereocenters. The van der Waals surface area contributed by atoms with Crippen LogP contribution in [0.3, 0.4) is 0 Å². The van der Waals surface area contributed by atoms with Gasteiger partial charge in [-0.2, -0.15) is 0 Å². The van der Waals surface area contributed by atoms with Crippen molar-refractivity contribution in [2.75, 3.05) is 5.32 Å². The van der Waals surface area contributed by atoms with Gasteiger partial charge in [0.2, 0.25) is 5.91 Å². The molecule has 0 saturated heterocycles. The summed E-state index contributed by atoms with van der Waals surface area (Å²) >= 11 is 3.19. The number of amides is 1. The fourth-order valence-corrected chi connectivity index (χ4v) is 2.07. The second-order valence-corrected chi connectivity index (χ2v) is 5.06. The Labute approximate surface area is 109 Å². The molecule has 0 bridgehead atoms. The highest BCUT2D eigenvalue weighted by molar-refractivity contribution is 9.10. The van der Waals surface area contributed by atoms with Gasteiger partial charge in [0.25, 0.3) is 0 Å². The zero-order chi connectivity index (χ0) is 12.9. The van der Waals surface area contributed by atoms with Crippen molar-refractivity contribution in [1.29, 1.82) is 0 Å². The number of halogens is 3. The Hall–Kier alpha value is -1.37. The fourth-order valence-electron chi connectivity index (χ4n) is 1.65. The van der Waals surface area contributed by atoms with Crippen molar-refractivity contribution in [3.63, 3.8) is 0 Å². The second-order valence-electron chi connectivity index (χ2n) is 4.21. The number of hydrogen-bond donors (Lipinski definition) is 1. The van der Waals surface area contributed by atoms with E-state index in [4.69, 9.17) is 0 Å². The predicted octanol–water partition coefficient (Wildman–Crippen LogP) is 3.12. The largest absolute Gasteiger partial charge is 0.586 e. The minimum absolute atomic E-state index is 0.0313. The van der Waals surface area contributed by atoms with Gasteiger partial charge >= 0.3 is 6.29 Å². The van der Waals surface area contributed by atoms with Gasteiger partial charge in [-0.25, -0.2) is 0 Å². The SMILES string of the molecule is O=C(Nc1cc2c(cc1Br)OC(F)(F)O2)C1CC1. The van der Waals surface area contributed by atoms with Crippen molar-refractivity contribution in [2.24, 2.45) is 5.92 Å². The van der Waals surface area contributed by atoms with Crippen LogP contribution < -0.4 is 14.8 Å². The quantitative estimate of drug-likeness (QED) is 0.911. The van der Waals surface area contributed by atoms with E-state index in [0.717, 1.165) is 12.8 Å². The van der Waals surface area contributed by atoms with Gasteiger partial charge in [-0.3, -0.25) is 4.79 Å². The van der Waals surface area contributed by atoms with Gasteiger partial charge in [-0.15, -0.1) is 8.78 Å². The molecule has 18 heavy (non-hydrogen) atoms. The maximum atomic E-state index is 12.9. The number of anilines is 1. The minimum atomic E-state index is -3.65. The molecule has 2 aliphatic rings. The Morgan fingerprint density at radius 1 is 1.33 bits per heavy atom. The number of alkyl halides is 2. The van der Waals surface area contributed by atoms with E-state index in [-0.39, 0.29) is 23.3 Å². The highest BCUT2D eigenvalue weighted by Crippen LogP contribution is 2.45. The summed E-state index contributed by atoms with van der Waals surface area (Å²) in [6.45, 7) is 0. The monoisotopic (exact) mass is 319 g/mol. The maximum absolute atomic E-state index is 12.9. The van der Waals surface area contributed by atoms with Crippen LogP contribution in [0.4, 0.5) is 14.5 Å². The second kappa shape index (κ2) is 3.81. The van der Waals surface area contributed by atoms with Crippen LogP contribution in [0.5, 0.6) is 11.5 Å². The van der Waals surface area contributed by atoms with E-state index in [1.165, 1.54) is 12.1 Å². The maximum Gasteiger partial charge on any atom is 0.586 e. The number of ether oxygens (including phenoxy) is 2. The smallest absolute Gasteiger partial charge is 0.395 e. The van der Waals surface area contributed by atoms with Crippen molar-refractivity contribution < 1.29 is 23.0 Å². The number of carbonyl (C=O) groups is 1. The van der Waals surface area contributed by atoms with Crippen LogP contribution >= 0.6 is 15.9 Å². The molecule has 1 amide bonds. The van der Waals surface area contributed by atoms with Crippen LogP contribution in [0.2, 0.25) is 0 Å². The molecule has 1 heterocycles. The van der Waals surface area contributed by atoms with Crippen molar-refractivity contribution in [1.82, 2.24) is 0 Å². The van der Waals surface area contributed by atoms with Gasteiger partial charge in [0.1, 0.15) is 0 Å². The molecular weight excluding hydrogens is 312 g/mol. The van der Waals surface area contributed by atoms with Gasteiger partial charge in [-0.05, 0) is 28.8 Å². The average molecular weight is 320 g/mol. The highest BCUT2D eigenvalue weighted by Gasteiger charge is 2.44. The lowest BCUT2D eigenvalue weighted by atomic mass is 10.2. The Bertz CT molecular complexity index is 531. The summed E-state index contributed by atoms with van der Waals surface area (Å²) in [5.74, 6) is -0.226. The first-order valence-electron chi connectivity index (χ1n) is 5.35. The molecule has 0 spiro atoms. The molecule has 0 aromatic heterocycles. The third-order valence-electron chi connectivity index (χ3n) is 2.70. The van der Waals surface area contributed by atoms with E-state index >= 15 is 0 Å². The Kier molecular flexibility index (Phi) is 2.48. The number of hydrogen-bond acceptors (Lipinski definition) is 3. The van der Waals surface area contributed by atoms with Crippen molar-refractivity contribution in [2.45, 2.75) is 19.1 Å². The highest BCUT2D eigenvalue weighted by atomic mass is 79.9. The van der Waals surface area contributed by atoms with Gasteiger partial charge < -0.3 is 14.8 Å². The molecule has 1 aliphatic carbocycles. The van der Waals surface area contributed by atoms with Gasteiger partial charge in [-0.1, -0.05) is 0 Å². The first kappa shape index (κ1) is 11.7. The molecule has 1 aromatic carbocycles. The van der Waals surface area contributed by atoms with E-state index < -0.39 is 6.29 Å². The molecule has 0 unspecified atom stereocenters. The molecule has 0 radical (unpaired) electrons. The van der Waals surface area contributed by atoms with E-state index in [2.05, 4.69) is 30.7 Å². The molecule has 4 nitrogen and oxygen atoms in total. The van der Waals surface area contributed by atoms with Gasteiger partial charge in [0, 0.05) is 22.5 Å². The fraction of sp³-hybridized carbons (Fsp3) is 0.364. The normalized spacial score (nSPS) is 19.7. The number of carbonyl (C=O) groups excluding carboxylic acids is 1. The number of fused-ring (bicyclic) bond motifs is 1. The van der Waals surface area contributed by atoms with Crippen LogP contribution in [0.15, 0.2) is 16.6 Å². The Morgan fingerprint density at radius 3 is 2.56 bits per heavy atom. The molecular formula is C11H8BrF2NO3. The van der Waals surface area contributed by atoms with Crippen molar-refractivity contribution >= 4 is 27.5 Å². The summed E-state index contributed by atoms with van der Waals surface area (Å²) in [7, 11) is 0. The standard InChI is InChI=1S/C11H8BrF2NO3/c12-6-3-8-9(18-11(13,14)17-8)4-7(6)15-10(16)5-1-2-5/h3-5H,1-2H2,(H,15,16). The number of benzene rings is 1. The van der Waals surface area contributed by atoms with Gasteiger partial charge in [0.05, 0.1) is 5.69 Å². The van der Waals surface area contributed by atoms with Crippen LogP contribution in [0, 0.1) is 5.92 Å². The summed E-state index contributed by atoms with van der Waals surface area (Å²) in [4.78, 5) is 11.6. The summed E-state index contributed by atoms with van der Waals surface area (Å²) in [6, 6.07) is 2.67. The van der Waals surface area contributed by atoms with Gasteiger partial charge in [0.15, 0.2) is 11.5 Å². The molecule has 1 saturated carbocycles. The van der Waals surface area contributed by atoms with Crippen LogP contribution in [-0.4, -0.2) is 12.2 Å². The van der Waals surface area contributed by atoms with Crippen LogP contribution in [0.1, 0.15) is 12.8 Å². The third kappa shape index (κ3) is 2.14. The van der Waals surface area contributed by atoms with Crippen LogP contribution in [-0.2, 0) is 4.79 Å². The molecule has 3 rings (SSSR count). The molecule has 1 aliphatic heterocycles. The molecule has 1 aromatic rings. The lowest BCUT2D eigenvalue weighted by Gasteiger charge is -2.07. The van der Waals surface area contributed by atoms with E-state index in [0.29, 0.717) is 10.2 Å². The zero-order valence-corrected chi connectivity index (χ0v) is 10.6. The average Bonchev–Trinajstić information content (AvgIpc) is 3.03. The predicted molar refractivity (Wildman–Crippen MR) is 61.7 cm³/mol. The molecule has 1 fully saturated rings. The Morgan fingerprint density at radius 2 is 1.94 bits per heavy atom. The van der Waals surface area contributed by atoms with Crippen molar-refractivity contribution in [3.8, 4) is 11.5 Å². The zero-order valence-electron chi connectivity index (χ0n) is 9.00. The van der Waals surface area contributed by atoms with E-state index in [9.17, 15) is 13.6 Å². The first-order valence-corrected chi connectivity index (χ1v) is 6.14. The lowest BCUT2D eigenvalue weighted by molar-refractivity contribution is -0.286. The number of rotatable bonds is 2. The van der Waals surface area contributed by atoms with E-state index in [1.807, 2.05) is 0 Å². The van der Waals surface area contributed by atoms with E-state index in [1.54, 1.807) is 0 Å². The lowest BCUT2D eigenvalue weighted by Crippen LogP contribution is -2.25. The van der Waals surface area contributed by atoms with Crippen molar-refractivity contribution in [3.05, 3.63) is 16.6 Å². The summed E-state index contributed by atoms with van der Waals surface area (Å²) < 4.78 is 34.8. The first-order chi connectivity index (χ1) is 8.44. The third-order valence-corrected chi connectivity index (χ3v) is 3.35. The number of nitrogens with one attached hydrogen (secondary N) is 1. The molecule has 96 valence electrons.